The van der Waals surface area contributed by atoms with E-state index in [4.69, 9.17) is 10.0 Å². The van der Waals surface area contributed by atoms with Gasteiger partial charge in [0.2, 0.25) is 0 Å². The summed E-state index contributed by atoms with van der Waals surface area (Å²) in [6, 6.07) is 5.70. The monoisotopic (exact) mass is 224 g/mol. The molecule has 2 N–H and O–H groups in total. The number of fused-ring (bicyclic) bond motifs is 1. The maximum atomic E-state index is 9.08. The highest BCUT2D eigenvalue weighted by molar-refractivity contribution is 7.80. The molecule has 0 unspecified atom stereocenters. The first-order valence-electron chi connectivity index (χ1n) is 4.17. The van der Waals surface area contributed by atoms with Gasteiger partial charge in [-0.3, -0.25) is 0 Å². The van der Waals surface area contributed by atoms with Gasteiger partial charge in [-0.25, -0.2) is 0 Å². The Bertz CT molecular complexity index is 479. The van der Waals surface area contributed by atoms with Gasteiger partial charge in [0.25, 0.3) is 0 Å². The second kappa shape index (κ2) is 3.58. The van der Waals surface area contributed by atoms with Crippen LogP contribution in [-0.4, -0.2) is 17.2 Å². The molecule has 0 atom stereocenters. The van der Waals surface area contributed by atoms with Crippen molar-refractivity contribution in [1.82, 2.24) is 0 Å². The van der Waals surface area contributed by atoms with E-state index in [1.165, 1.54) is 4.88 Å². The number of hydrogen-bond acceptors (Lipinski definition) is 4. The van der Waals surface area contributed by atoms with Crippen LogP contribution in [0, 0.1) is 6.92 Å². The number of hydrogen-bond donors (Lipinski definition) is 3. The lowest BCUT2D eigenvalue weighted by molar-refractivity contribution is 0.425. The Hall–Kier alpha value is -0.485. The molecule has 1 aromatic carbocycles. The van der Waals surface area contributed by atoms with Crippen LogP contribution in [-0.2, 0) is 0 Å². The highest BCUT2D eigenvalue weighted by Gasteiger charge is 2.15. The van der Waals surface area contributed by atoms with Crippen molar-refractivity contribution in [3.05, 3.63) is 23.1 Å². The standard InChI is InChI=1S/C9H9BO2S2/c1-5-2-6-3-8(13)7(10(11)12)4-9(6)14-5/h2-4,11-13H,1H3. The van der Waals surface area contributed by atoms with Crippen LogP contribution < -0.4 is 5.46 Å². The van der Waals surface area contributed by atoms with Gasteiger partial charge in [-0.05, 0) is 36.0 Å². The highest BCUT2D eigenvalue weighted by Crippen LogP contribution is 2.25. The summed E-state index contributed by atoms with van der Waals surface area (Å²) in [6.07, 6.45) is 0. The normalized spacial score (nSPS) is 10.9. The number of rotatable bonds is 1. The van der Waals surface area contributed by atoms with Crippen LogP contribution in [0.15, 0.2) is 23.1 Å². The lowest BCUT2D eigenvalue weighted by atomic mass is 9.80. The SMILES string of the molecule is Cc1cc2cc(S)c(B(O)O)cc2s1. The van der Waals surface area contributed by atoms with E-state index < -0.39 is 7.12 Å². The van der Waals surface area contributed by atoms with Gasteiger partial charge >= 0.3 is 7.12 Å². The molecule has 0 spiro atoms. The van der Waals surface area contributed by atoms with Crippen LogP contribution in [0.25, 0.3) is 10.1 Å². The summed E-state index contributed by atoms with van der Waals surface area (Å²) in [6.45, 7) is 2.03. The molecule has 2 rings (SSSR count). The second-order valence-electron chi connectivity index (χ2n) is 3.18. The zero-order valence-corrected chi connectivity index (χ0v) is 9.27. The fraction of sp³-hybridized carbons (Fsp3) is 0.111. The van der Waals surface area contributed by atoms with Crippen LogP contribution in [0.5, 0.6) is 0 Å². The Morgan fingerprint density at radius 1 is 1.29 bits per heavy atom. The maximum absolute atomic E-state index is 9.08. The molecule has 0 aliphatic heterocycles. The lowest BCUT2D eigenvalue weighted by Crippen LogP contribution is -2.30. The van der Waals surface area contributed by atoms with Crippen molar-refractivity contribution in [2.24, 2.45) is 0 Å². The Morgan fingerprint density at radius 3 is 2.64 bits per heavy atom. The third-order valence-electron chi connectivity index (χ3n) is 2.07. The molecular formula is C9H9BO2S2. The molecule has 0 fully saturated rings. The van der Waals surface area contributed by atoms with Gasteiger partial charge in [0.05, 0.1) is 0 Å². The van der Waals surface area contributed by atoms with Crippen molar-refractivity contribution in [1.29, 1.82) is 0 Å². The largest absolute Gasteiger partial charge is 0.489 e. The van der Waals surface area contributed by atoms with E-state index in [2.05, 4.69) is 18.7 Å². The topological polar surface area (TPSA) is 40.5 Å². The first-order chi connectivity index (χ1) is 6.58. The first-order valence-corrected chi connectivity index (χ1v) is 5.43. The minimum absolute atomic E-state index is 0.461. The Labute approximate surface area is 91.8 Å². The third kappa shape index (κ3) is 1.68. The molecule has 1 heterocycles. The molecule has 0 amide bonds. The van der Waals surface area contributed by atoms with Crippen LogP contribution in [0.4, 0.5) is 0 Å². The number of thiol groups is 1. The van der Waals surface area contributed by atoms with Crippen molar-refractivity contribution in [3.8, 4) is 0 Å². The van der Waals surface area contributed by atoms with Gasteiger partial charge in [0.1, 0.15) is 0 Å². The quantitative estimate of drug-likeness (QED) is 0.502. The van der Waals surface area contributed by atoms with Crippen molar-refractivity contribution < 1.29 is 10.0 Å². The zero-order chi connectivity index (χ0) is 10.3. The highest BCUT2D eigenvalue weighted by atomic mass is 32.1. The summed E-state index contributed by atoms with van der Waals surface area (Å²) in [4.78, 5) is 1.82. The predicted molar refractivity (Wildman–Crippen MR) is 63.6 cm³/mol. The zero-order valence-electron chi connectivity index (χ0n) is 7.56. The minimum Gasteiger partial charge on any atom is -0.423 e. The number of thiophene rings is 1. The number of benzene rings is 1. The van der Waals surface area contributed by atoms with Crippen LogP contribution in [0.3, 0.4) is 0 Å². The van der Waals surface area contributed by atoms with Gasteiger partial charge < -0.3 is 10.0 Å². The molecule has 0 bridgehead atoms. The summed E-state index contributed by atoms with van der Waals surface area (Å²) in [5, 5.41) is 19.3. The van der Waals surface area contributed by atoms with E-state index >= 15 is 0 Å². The molecule has 14 heavy (non-hydrogen) atoms. The Morgan fingerprint density at radius 2 is 2.00 bits per heavy atom. The van der Waals surface area contributed by atoms with Gasteiger partial charge in [-0.15, -0.1) is 24.0 Å². The summed E-state index contributed by atoms with van der Waals surface area (Å²) >= 11 is 5.84. The van der Waals surface area contributed by atoms with Gasteiger partial charge in [0, 0.05) is 14.5 Å². The fourth-order valence-electron chi connectivity index (χ4n) is 1.43. The van der Waals surface area contributed by atoms with Crippen molar-refractivity contribution >= 4 is 46.6 Å². The first kappa shape index (κ1) is 10.0. The Balaban J connectivity index is 2.70. The van der Waals surface area contributed by atoms with E-state index in [-0.39, 0.29) is 0 Å². The molecule has 5 heteroatoms. The Kier molecular flexibility index (Phi) is 2.57. The maximum Gasteiger partial charge on any atom is 0.489 e. The van der Waals surface area contributed by atoms with E-state index in [1.54, 1.807) is 17.4 Å². The van der Waals surface area contributed by atoms with E-state index in [0.29, 0.717) is 10.4 Å². The van der Waals surface area contributed by atoms with E-state index in [1.807, 2.05) is 13.0 Å². The van der Waals surface area contributed by atoms with Gasteiger partial charge in [-0.2, -0.15) is 0 Å². The van der Waals surface area contributed by atoms with E-state index in [0.717, 1.165) is 10.1 Å². The average molecular weight is 224 g/mol. The molecule has 72 valence electrons. The smallest absolute Gasteiger partial charge is 0.423 e. The predicted octanol–water partition coefficient (Wildman–Crippen LogP) is 1.18. The summed E-state index contributed by atoms with van der Waals surface area (Å²) in [5.74, 6) is 0. The van der Waals surface area contributed by atoms with Crippen molar-refractivity contribution in [2.45, 2.75) is 11.8 Å². The third-order valence-corrected chi connectivity index (χ3v) is 3.47. The number of aryl methyl sites for hydroxylation is 1. The molecule has 1 aromatic heterocycles. The van der Waals surface area contributed by atoms with Crippen molar-refractivity contribution in [2.75, 3.05) is 0 Å². The van der Waals surface area contributed by atoms with E-state index in [9.17, 15) is 0 Å². The molecule has 0 aliphatic rings. The van der Waals surface area contributed by atoms with Crippen LogP contribution >= 0.6 is 24.0 Å². The average Bonchev–Trinajstić information content (AvgIpc) is 2.42. The van der Waals surface area contributed by atoms with Gasteiger partial charge in [0.15, 0.2) is 0 Å². The van der Waals surface area contributed by atoms with Gasteiger partial charge in [-0.1, -0.05) is 0 Å². The summed E-state index contributed by atoms with van der Waals surface area (Å²) in [7, 11) is -1.45. The summed E-state index contributed by atoms with van der Waals surface area (Å²) in [5.41, 5.74) is 0.461. The minimum atomic E-state index is -1.45. The fourth-order valence-corrected chi connectivity index (χ4v) is 2.70. The van der Waals surface area contributed by atoms with Crippen molar-refractivity contribution in [3.63, 3.8) is 0 Å². The molecule has 2 nitrogen and oxygen atoms in total. The van der Waals surface area contributed by atoms with Crippen LogP contribution in [0.2, 0.25) is 0 Å². The lowest BCUT2D eigenvalue weighted by Gasteiger charge is -2.03. The van der Waals surface area contributed by atoms with Crippen LogP contribution in [0.1, 0.15) is 4.88 Å². The molecule has 0 saturated carbocycles. The molecule has 0 saturated heterocycles. The molecular weight excluding hydrogens is 215 g/mol. The molecule has 2 aromatic rings. The molecule has 0 radical (unpaired) electrons. The molecule has 0 aliphatic carbocycles. The second-order valence-corrected chi connectivity index (χ2v) is 4.95. The summed E-state index contributed by atoms with van der Waals surface area (Å²) < 4.78 is 1.06.